The molecular weight excluding hydrogens is 344 g/mol. The molecule has 28 heavy (non-hydrogen) atoms. The molecule has 2 aliphatic rings. The van der Waals surface area contributed by atoms with E-state index in [2.05, 4.69) is 48.6 Å². The molecule has 2 fully saturated rings. The van der Waals surface area contributed by atoms with E-state index in [1.54, 1.807) is 0 Å². The van der Waals surface area contributed by atoms with Crippen molar-refractivity contribution in [1.82, 2.24) is 10.5 Å². The molecule has 2 bridgehead atoms. The zero-order valence-electron chi connectivity index (χ0n) is 18.6. The molecule has 3 heteroatoms. The van der Waals surface area contributed by atoms with Gasteiger partial charge in [0.25, 0.3) is 0 Å². The molecule has 0 spiro atoms. The van der Waals surface area contributed by atoms with Crippen LogP contribution in [0.3, 0.4) is 0 Å². The molecule has 2 saturated carbocycles. The smallest absolute Gasteiger partial charge is 0.141 e. The largest absolute Gasteiger partial charge is 0.361 e. The van der Waals surface area contributed by atoms with Crippen LogP contribution in [0, 0.1) is 31.6 Å². The molecule has 2 unspecified atom stereocenters. The van der Waals surface area contributed by atoms with Crippen LogP contribution in [-0.4, -0.2) is 10.7 Å². The summed E-state index contributed by atoms with van der Waals surface area (Å²) in [6.07, 6.45) is 6.91. The molecule has 0 aliphatic heterocycles. The Bertz CT molecular complexity index is 722. The minimum Gasteiger partial charge on any atom is -0.361 e. The van der Waals surface area contributed by atoms with Gasteiger partial charge in [-0.1, -0.05) is 57.1 Å². The molecule has 1 heterocycles. The lowest BCUT2D eigenvalue weighted by atomic mass is 9.61. The third-order valence-corrected chi connectivity index (χ3v) is 6.57. The molecule has 1 aromatic carbocycles. The zero-order valence-corrected chi connectivity index (χ0v) is 18.6. The Morgan fingerprint density at radius 3 is 2.14 bits per heavy atom. The van der Waals surface area contributed by atoms with E-state index in [1.165, 1.54) is 43.2 Å². The highest BCUT2D eigenvalue weighted by molar-refractivity contribution is 5.67. The summed E-state index contributed by atoms with van der Waals surface area (Å²) in [5, 5.41) is 8.06. The number of aromatic nitrogens is 1. The van der Waals surface area contributed by atoms with Gasteiger partial charge in [0.05, 0.1) is 5.69 Å². The maximum Gasteiger partial charge on any atom is 0.141 e. The summed E-state index contributed by atoms with van der Waals surface area (Å²) in [6, 6.07) is 8.91. The van der Waals surface area contributed by atoms with E-state index >= 15 is 0 Å². The highest BCUT2D eigenvalue weighted by atomic mass is 16.5. The molecule has 0 radical (unpaired) electrons. The van der Waals surface area contributed by atoms with Crippen LogP contribution < -0.4 is 5.32 Å². The van der Waals surface area contributed by atoms with Crippen LogP contribution >= 0.6 is 0 Å². The van der Waals surface area contributed by atoms with Gasteiger partial charge in [0.1, 0.15) is 5.76 Å². The normalized spacial score (nSPS) is 29.1. The first kappa shape index (κ1) is 21.1. The molecule has 4 rings (SSSR count). The average molecular weight is 383 g/mol. The van der Waals surface area contributed by atoms with Crippen LogP contribution in [0.5, 0.6) is 0 Å². The fourth-order valence-corrected chi connectivity index (χ4v) is 5.89. The molecule has 2 aliphatic carbocycles. The number of nitrogens with one attached hydrogen (secondary N) is 1. The van der Waals surface area contributed by atoms with E-state index in [-0.39, 0.29) is 0 Å². The Hall–Kier alpha value is -1.61. The molecule has 2 atom stereocenters. The first-order chi connectivity index (χ1) is 13.4. The maximum atomic E-state index is 5.31. The zero-order chi connectivity index (χ0) is 20.3. The molecule has 2 aromatic rings. The predicted molar refractivity (Wildman–Crippen MR) is 117 cm³/mol. The second-order valence-electron chi connectivity index (χ2n) is 9.19. The van der Waals surface area contributed by atoms with Crippen molar-refractivity contribution in [2.45, 2.75) is 85.7 Å². The summed E-state index contributed by atoms with van der Waals surface area (Å²) in [6.45, 7) is 13.8. The van der Waals surface area contributed by atoms with E-state index < -0.39 is 0 Å². The van der Waals surface area contributed by atoms with Crippen LogP contribution in [0.2, 0.25) is 0 Å². The lowest BCUT2D eigenvalue weighted by molar-refractivity contribution is 0.0542. The maximum absolute atomic E-state index is 5.31. The summed E-state index contributed by atoms with van der Waals surface area (Å²) in [4.78, 5) is 0. The fourth-order valence-electron chi connectivity index (χ4n) is 5.89. The van der Waals surface area contributed by atoms with Gasteiger partial charge in [-0.25, -0.2) is 0 Å². The molecule has 1 N–H and O–H groups in total. The predicted octanol–water partition coefficient (Wildman–Crippen LogP) is 6.68. The average Bonchev–Trinajstić information content (AvgIpc) is 2.99. The van der Waals surface area contributed by atoms with E-state index in [1.807, 2.05) is 27.7 Å². The van der Waals surface area contributed by atoms with Crippen molar-refractivity contribution < 1.29 is 4.52 Å². The van der Waals surface area contributed by atoms with Crippen LogP contribution in [-0.2, 0) is 6.54 Å². The number of benzene rings is 1. The minimum absolute atomic E-state index is 0.361. The Morgan fingerprint density at radius 1 is 1.00 bits per heavy atom. The first-order valence-corrected chi connectivity index (χ1v) is 11.2. The molecule has 3 nitrogen and oxygen atoms in total. The minimum atomic E-state index is 0.361. The van der Waals surface area contributed by atoms with Gasteiger partial charge < -0.3 is 9.84 Å². The first-order valence-electron chi connectivity index (χ1n) is 11.2. The van der Waals surface area contributed by atoms with Crippen LogP contribution in [0.25, 0.3) is 11.1 Å². The Balaban J connectivity index is 0.00000109. The van der Waals surface area contributed by atoms with E-state index in [9.17, 15) is 0 Å². The Labute approximate surface area is 171 Å². The van der Waals surface area contributed by atoms with Crippen molar-refractivity contribution >= 4 is 0 Å². The summed E-state index contributed by atoms with van der Waals surface area (Å²) in [7, 11) is 0. The SMILES string of the molecule is CC.Cc1noc(C)c1-c1ccc(CNC23CC(C)CC(CC(C)C2)C3)cc1. The number of rotatable bonds is 4. The van der Waals surface area contributed by atoms with E-state index in [4.69, 9.17) is 4.52 Å². The van der Waals surface area contributed by atoms with Crippen LogP contribution in [0.15, 0.2) is 28.8 Å². The van der Waals surface area contributed by atoms with Crippen molar-refractivity contribution in [3.05, 3.63) is 41.3 Å². The Kier molecular flexibility index (Phi) is 6.65. The van der Waals surface area contributed by atoms with Crippen LogP contribution in [0.4, 0.5) is 0 Å². The monoisotopic (exact) mass is 382 g/mol. The highest BCUT2D eigenvalue weighted by Gasteiger charge is 2.43. The quantitative estimate of drug-likeness (QED) is 0.641. The van der Waals surface area contributed by atoms with Crippen molar-refractivity contribution in [2.24, 2.45) is 17.8 Å². The molecule has 0 amide bonds. The molecular formula is C25H38N2O. The summed E-state index contributed by atoms with van der Waals surface area (Å²) in [5.41, 5.74) is 5.02. The number of nitrogens with zero attached hydrogens (tertiary/aromatic N) is 1. The van der Waals surface area contributed by atoms with Gasteiger partial charge in [-0.2, -0.15) is 0 Å². The molecule has 1 aromatic heterocycles. The summed E-state index contributed by atoms with van der Waals surface area (Å²) < 4.78 is 5.31. The van der Waals surface area contributed by atoms with Gasteiger partial charge in [0.2, 0.25) is 0 Å². The molecule has 0 saturated heterocycles. The van der Waals surface area contributed by atoms with Gasteiger partial charge in [-0.3, -0.25) is 0 Å². The van der Waals surface area contributed by atoms with Crippen molar-refractivity contribution in [3.63, 3.8) is 0 Å². The third-order valence-electron chi connectivity index (χ3n) is 6.57. The lowest BCUT2D eigenvalue weighted by Gasteiger charge is -2.50. The van der Waals surface area contributed by atoms with Crippen LogP contribution in [0.1, 0.15) is 76.8 Å². The number of hydrogen-bond acceptors (Lipinski definition) is 3. The highest BCUT2D eigenvalue weighted by Crippen LogP contribution is 2.47. The summed E-state index contributed by atoms with van der Waals surface area (Å²) in [5.74, 6) is 3.54. The second kappa shape index (κ2) is 8.82. The van der Waals surface area contributed by atoms with Gasteiger partial charge in [-0.15, -0.1) is 0 Å². The van der Waals surface area contributed by atoms with E-state index in [0.29, 0.717) is 5.54 Å². The number of fused-ring (bicyclic) bond motifs is 2. The van der Waals surface area contributed by atoms with Gasteiger partial charge >= 0.3 is 0 Å². The van der Waals surface area contributed by atoms with Crippen molar-refractivity contribution in [2.75, 3.05) is 0 Å². The van der Waals surface area contributed by atoms with Crippen molar-refractivity contribution in [3.8, 4) is 11.1 Å². The fraction of sp³-hybridized carbons (Fsp3) is 0.640. The topological polar surface area (TPSA) is 38.1 Å². The molecule has 154 valence electrons. The standard InChI is InChI=1S/C23H32N2O.C2H6/c1-15-9-20-10-16(2)12-23(11-15,13-20)24-14-19-5-7-21(8-6-19)22-17(3)25-26-18(22)4;1-2/h5-8,15-16,20,24H,9-14H2,1-4H3;1-2H3. The lowest BCUT2D eigenvalue weighted by Crippen LogP contribution is -2.54. The number of hydrogen-bond donors (Lipinski definition) is 1. The van der Waals surface area contributed by atoms with Crippen molar-refractivity contribution in [1.29, 1.82) is 0 Å². The number of aryl methyl sites for hydroxylation is 2. The van der Waals surface area contributed by atoms with Gasteiger partial charge in [0.15, 0.2) is 0 Å². The van der Waals surface area contributed by atoms with Gasteiger partial charge in [0, 0.05) is 17.6 Å². The second-order valence-corrected chi connectivity index (χ2v) is 9.19. The van der Waals surface area contributed by atoms with Gasteiger partial charge in [-0.05, 0) is 74.8 Å². The Morgan fingerprint density at radius 2 is 1.61 bits per heavy atom. The third kappa shape index (κ3) is 4.51. The van der Waals surface area contributed by atoms with E-state index in [0.717, 1.165) is 41.3 Å². The summed E-state index contributed by atoms with van der Waals surface area (Å²) >= 11 is 0.